The second-order valence-electron chi connectivity index (χ2n) is 7.04. The van der Waals surface area contributed by atoms with Gasteiger partial charge in [-0.3, -0.25) is 0 Å². The Hall–Kier alpha value is 0.849. The second-order valence-corrected chi connectivity index (χ2v) is 8.45. The molecule has 10 heteroatoms. The maximum absolute atomic E-state index is 9.78. The molecule has 1 saturated heterocycles. The third-order valence-electron chi connectivity index (χ3n) is 4.07. The quantitative estimate of drug-likeness (QED) is 0.279. The first-order valence-electron chi connectivity index (χ1n) is 9.09. The van der Waals surface area contributed by atoms with Gasteiger partial charge in [0.1, 0.15) is 20.1 Å². The Balaban J connectivity index is 0.00000676. The van der Waals surface area contributed by atoms with E-state index in [4.69, 9.17) is 31.6 Å². The van der Waals surface area contributed by atoms with Crippen LogP contribution in [0, 0.1) is 11.3 Å². The fourth-order valence-corrected chi connectivity index (χ4v) is 4.84. The number of nitrogens with zero attached hydrogens (tertiary/aromatic N) is 2. The molecule has 0 aromatic carbocycles. The van der Waals surface area contributed by atoms with Gasteiger partial charge in [0.15, 0.2) is 0 Å². The van der Waals surface area contributed by atoms with Gasteiger partial charge in [0, 0.05) is 64.3 Å². The van der Waals surface area contributed by atoms with Crippen LogP contribution < -0.4 is 0 Å². The number of hydrogen-bond acceptors (Lipinski definition) is 7. The van der Waals surface area contributed by atoms with Crippen molar-refractivity contribution in [3.8, 4) is 6.07 Å². The van der Waals surface area contributed by atoms with E-state index >= 15 is 0 Å². The molecule has 7 nitrogen and oxygen atoms in total. The molecule has 1 N–H and O–H groups in total. The van der Waals surface area contributed by atoms with Crippen LogP contribution in [-0.2, 0) is 51.2 Å². The minimum atomic E-state index is -1.44. The van der Waals surface area contributed by atoms with Gasteiger partial charge in [0.05, 0.1) is 31.3 Å². The molecule has 6 unspecified atom stereocenters. The van der Waals surface area contributed by atoms with Gasteiger partial charge in [-0.05, 0) is 34.6 Å². The van der Waals surface area contributed by atoms with Gasteiger partial charge in [0.25, 0.3) is 8.53 Å². The summed E-state index contributed by atoms with van der Waals surface area (Å²) in [7, 11) is 6.16. The molecule has 1 aliphatic heterocycles. The fraction of sp³-hybridized carbons (Fsp3) is 0.941. The normalized spacial score (nSPS) is 27.6. The summed E-state index contributed by atoms with van der Waals surface area (Å²) >= 11 is 0. The SMILES string of the molecule is [B]C1OC(CC(C)O)C(OP(OCCC#N)N(C(C)C)C(C)C)C1OC.[Y]. The van der Waals surface area contributed by atoms with Crippen molar-refractivity contribution in [1.29, 1.82) is 5.26 Å². The average Bonchev–Trinajstić information content (AvgIpc) is 2.80. The largest absolute Gasteiger partial charge is 0.393 e. The van der Waals surface area contributed by atoms with Gasteiger partial charge in [-0.25, -0.2) is 4.67 Å². The summed E-state index contributed by atoms with van der Waals surface area (Å²) in [6.07, 6.45) is -1.17. The Bertz CT molecular complexity index is 448. The van der Waals surface area contributed by atoms with Gasteiger partial charge in [-0.2, -0.15) is 5.26 Å². The maximum Gasteiger partial charge on any atom is 0.259 e. The standard InChI is InChI=1S/C17H32BN2O5P.Y/c1-11(2)20(12(3)4)26(23-9-7-8-19)25-15-14(10-13(5)21)24-17(18)16(15)22-6;/h11-17,21H,7,9-10H2,1-6H3;. The molecular weight excluding hydrogens is 443 g/mol. The summed E-state index contributed by atoms with van der Waals surface area (Å²) < 4.78 is 25.7. The Morgan fingerprint density at radius 1 is 1.22 bits per heavy atom. The number of aliphatic hydroxyl groups is 1. The molecule has 0 saturated carbocycles. The van der Waals surface area contributed by atoms with Crippen LogP contribution in [0.2, 0.25) is 0 Å². The van der Waals surface area contributed by atoms with E-state index in [9.17, 15) is 5.11 Å². The van der Waals surface area contributed by atoms with Crippen molar-refractivity contribution in [2.75, 3.05) is 13.7 Å². The molecule has 151 valence electrons. The summed E-state index contributed by atoms with van der Waals surface area (Å²) in [5.74, 6) is 0. The minimum Gasteiger partial charge on any atom is -0.393 e. The number of nitriles is 1. The van der Waals surface area contributed by atoms with Crippen LogP contribution in [0.25, 0.3) is 0 Å². The minimum absolute atomic E-state index is 0. The topological polar surface area (TPSA) is 84.2 Å². The molecule has 0 aromatic heterocycles. The molecule has 0 spiro atoms. The van der Waals surface area contributed by atoms with Crippen molar-refractivity contribution in [3.63, 3.8) is 0 Å². The monoisotopic (exact) mass is 475 g/mol. The van der Waals surface area contributed by atoms with E-state index in [1.165, 1.54) is 0 Å². The fourth-order valence-electron chi connectivity index (χ4n) is 3.08. The van der Waals surface area contributed by atoms with E-state index < -0.39 is 32.8 Å². The van der Waals surface area contributed by atoms with Crippen molar-refractivity contribution in [1.82, 2.24) is 4.67 Å². The van der Waals surface area contributed by atoms with Crippen LogP contribution in [0.1, 0.15) is 47.5 Å². The van der Waals surface area contributed by atoms with E-state index in [0.29, 0.717) is 6.42 Å². The number of methoxy groups -OCH3 is 1. The molecule has 3 radical (unpaired) electrons. The van der Waals surface area contributed by atoms with Crippen LogP contribution in [0.4, 0.5) is 0 Å². The van der Waals surface area contributed by atoms with Crippen LogP contribution in [-0.4, -0.2) is 73.8 Å². The molecule has 1 aliphatic rings. The second kappa shape index (κ2) is 14.0. The maximum atomic E-state index is 9.78. The molecule has 0 aromatic rings. The molecule has 1 rings (SSSR count). The van der Waals surface area contributed by atoms with Crippen molar-refractivity contribution in [2.45, 2.75) is 90.0 Å². The van der Waals surface area contributed by atoms with Crippen LogP contribution in [0.15, 0.2) is 0 Å². The first-order valence-corrected chi connectivity index (χ1v) is 10.2. The van der Waals surface area contributed by atoms with Crippen LogP contribution in [0.3, 0.4) is 0 Å². The van der Waals surface area contributed by atoms with Gasteiger partial charge >= 0.3 is 0 Å². The summed E-state index contributed by atoms with van der Waals surface area (Å²) in [6, 6.07) is 1.84. The average molecular weight is 475 g/mol. The molecule has 1 fully saturated rings. The van der Waals surface area contributed by atoms with Gasteiger partial charge in [0.2, 0.25) is 0 Å². The Morgan fingerprint density at radius 2 is 1.81 bits per heavy atom. The zero-order valence-corrected chi connectivity index (χ0v) is 21.0. The van der Waals surface area contributed by atoms with Gasteiger partial charge in [-0.15, -0.1) is 0 Å². The summed E-state index contributed by atoms with van der Waals surface area (Å²) in [6.45, 7) is 10.3. The smallest absolute Gasteiger partial charge is 0.259 e. The molecule has 0 amide bonds. The van der Waals surface area contributed by atoms with Crippen LogP contribution in [0.5, 0.6) is 0 Å². The van der Waals surface area contributed by atoms with E-state index in [2.05, 4.69) is 38.4 Å². The first-order chi connectivity index (χ1) is 12.2. The Morgan fingerprint density at radius 3 is 2.26 bits per heavy atom. The number of aliphatic hydroxyl groups excluding tert-OH is 1. The van der Waals surface area contributed by atoms with Gasteiger partial charge < -0.3 is 23.6 Å². The molecule has 6 atom stereocenters. The van der Waals surface area contributed by atoms with E-state index in [0.717, 1.165) is 0 Å². The molecule has 0 bridgehead atoms. The van der Waals surface area contributed by atoms with E-state index in [1.807, 2.05) is 0 Å². The Labute approximate surface area is 191 Å². The molecule has 27 heavy (non-hydrogen) atoms. The zero-order chi connectivity index (χ0) is 19.9. The number of ether oxygens (including phenoxy) is 2. The van der Waals surface area contributed by atoms with E-state index in [-0.39, 0.29) is 63.9 Å². The van der Waals surface area contributed by atoms with E-state index in [1.54, 1.807) is 14.0 Å². The number of hydrogen-bond donors (Lipinski definition) is 1. The predicted molar refractivity (Wildman–Crippen MR) is 102 cm³/mol. The predicted octanol–water partition coefficient (Wildman–Crippen LogP) is 2.32. The first kappa shape index (κ1) is 27.8. The third-order valence-corrected chi connectivity index (χ3v) is 6.19. The molecular formula is C17H32BN2O5PY. The third kappa shape index (κ3) is 8.62. The Kier molecular flexibility index (Phi) is 14.4. The van der Waals surface area contributed by atoms with Gasteiger partial charge in [-0.1, -0.05) is 0 Å². The van der Waals surface area contributed by atoms with Crippen molar-refractivity contribution >= 4 is 16.4 Å². The van der Waals surface area contributed by atoms with Crippen LogP contribution >= 0.6 is 8.53 Å². The summed E-state index contributed by atoms with van der Waals surface area (Å²) in [4.78, 5) is 0. The zero-order valence-electron chi connectivity index (χ0n) is 17.2. The van der Waals surface area contributed by atoms with Crippen molar-refractivity contribution in [2.24, 2.45) is 0 Å². The van der Waals surface area contributed by atoms with Crippen molar-refractivity contribution < 1.29 is 56.3 Å². The van der Waals surface area contributed by atoms with Crippen molar-refractivity contribution in [3.05, 3.63) is 0 Å². The number of rotatable bonds is 11. The summed E-state index contributed by atoms with van der Waals surface area (Å²) in [5, 5.41) is 18.6. The molecule has 0 aliphatic carbocycles. The summed E-state index contributed by atoms with van der Waals surface area (Å²) in [5.41, 5.74) is 0. The molecule has 1 heterocycles.